The van der Waals surface area contributed by atoms with Gasteiger partial charge in [0.2, 0.25) is 17.7 Å². The molecule has 0 bridgehead atoms. The third-order valence-electron chi connectivity index (χ3n) is 6.17. The lowest BCUT2D eigenvalue weighted by Gasteiger charge is -2.28. The van der Waals surface area contributed by atoms with E-state index in [1.54, 1.807) is 6.08 Å². The highest BCUT2D eigenvalue weighted by molar-refractivity contribution is 5.94. The molecule has 0 aromatic heterocycles. The summed E-state index contributed by atoms with van der Waals surface area (Å²) in [6, 6.07) is -0.921. The van der Waals surface area contributed by atoms with Crippen LogP contribution in [0.2, 0.25) is 0 Å². The highest BCUT2D eigenvalue weighted by Crippen LogP contribution is 2.20. The van der Waals surface area contributed by atoms with Crippen LogP contribution >= 0.6 is 0 Å². The molecule has 2 rings (SSSR count). The van der Waals surface area contributed by atoms with Gasteiger partial charge in [0.05, 0.1) is 7.11 Å². The number of nitrogens with one attached hydrogen (secondary N) is 2. The van der Waals surface area contributed by atoms with Gasteiger partial charge in [-0.3, -0.25) is 14.4 Å². The molecule has 1 saturated heterocycles. The van der Waals surface area contributed by atoms with Gasteiger partial charge in [-0.1, -0.05) is 19.4 Å². The highest BCUT2D eigenvalue weighted by atomic mass is 19.1. The van der Waals surface area contributed by atoms with Crippen molar-refractivity contribution >= 4 is 29.7 Å². The number of halogens is 2. The first-order valence-corrected chi connectivity index (χ1v) is 12.7. The van der Waals surface area contributed by atoms with Gasteiger partial charge in [0, 0.05) is 26.0 Å². The van der Waals surface area contributed by atoms with Crippen LogP contribution in [-0.2, 0) is 39.9 Å². The van der Waals surface area contributed by atoms with Crippen LogP contribution in [0.5, 0.6) is 0 Å². The lowest BCUT2D eigenvalue weighted by molar-refractivity contribution is -0.163. The monoisotopic (exact) mass is 551 g/mol. The Morgan fingerprint density at radius 1 is 1.13 bits per heavy atom. The van der Waals surface area contributed by atoms with Crippen LogP contribution in [0.15, 0.2) is 30.4 Å². The number of hydrogen-bond acceptors (Lipinski definition) is 7. The predicted molar refractivity (Wildman–Crippen MR) is 136 cm³/mol. The number of ether oxygens (including phenoxy) is 2. The van der Waals surface area contributed by atoms with Crippen molar-refractivity contribution in [3.8, 4) is 0 Å². The average Bonchev–Trinajstić information content (AvgIpc) is 3.36. The second kappa shape index (κ2) is 14.9. The number of esters is 2. The number of carbonyl (C=O) groups excluding carboxylic acids is 5. The third-order valence-corrected chi connectivity index (χ3v) is 6.17. The minimum Gasteiger partial charge on any atom is -0.467 e. The molecule has 0 saturated carbocycles. The molecular weight excluding hydrogens is 516 g/mol. The fourth-order valence-corrected chi connectivity index (χ4v) is 4.22. The molecule has 12 heteroatoms. The molecule has 0 spiro atoms. The quantitative estimate of drug-likeness (QED) is 0.300. The van der Waals surface area contributed by atoms with Gasteiger partial charge >= 0.3 is 11.9 Å². The largest absolute Gasteiger partial charge is 0.467 e. The third kappa shape index (κ3) is 9.45. The van der Waals surface area contributed by atoms with Crippen LogP contribution in [0.3, 0.4) is 0 Å². The van der Waals surface area contributed by atoms with Crippen molar-refractivity contribution in [1.29, 1.82) is 0 Å². The minimum absolute atomic E-state index is 0.0881. The van der Waals surface area contributed by atoms with Crippen molar-refractivity contribution in [1.82, 2.24) is 15.5 Å². The smallest absolute Gasteiger partial charge is 0.332 e. The molecule has 1 aliphatic heterocycles. The standard InChI is InChI=1S/C27H35F2N3O7/c1-5-6-7-10-23(34)30-21(14-18-12-19(28)15-20(29)13-18)25(35)31-24(27(37)38-4)16(2)39-26(36)22-9-8-11-32(22)17(3)33/h7,10,12-13,15-16,21-22,24H,5-6,8-9,11,14H2,1-4H3,(H,30,34)(H,31,35)/b10-7+/t16-,21-,22-,24-/m0/s1. The molecule has 0 unspecified atom stereocenters. The average molecular weight is 552 g/mol. The van der Waals surface area contributed by atoms with Gasteiger partial charge in [-0.2, -0.15) is 0 Å². The summed E-state index contributed by atoms with van der Waals surface area (Å²) in [6.45, 7) is 5.02. The lowest BCUT2D eigenvalue weighted by atomic mass is 10.0. The van der Waals surface area contributed by atoms with Crippen LogP contribution in [0, 0.1) is 11.6 Å². The summed E-state index contributed by atoms with van der Waals surface area (Å²) in [5.41, 5.74) is 0.0881. The van der Waals surface area contributed by atoms with Gasteiger partial charge in [0.1, 0.15) is 29.8 Å². The molecule has 1 aromatic carbocycles. The number of carbonyl (C=O) groups is 5. The molecule has 39 heavy (non-hydrogen) atoms. The summed E-state index contributed by atoms with van der Waals surface area (Å²) in [5, 5.41) is 4.90. The summed E-state index contributed by atoms with van der Waals surface area (Å²) >= 11 is 0. The number of amides is 3. The van der Waals surface area contributed by atoms with Gasteiger partial charge < -0.3 is 25.0 Å². The molecule has 0 aliphatic carbocycles. The van der Waals surface area contributed by atoms with E-state index >= 15 is 0 Å². The number of unbranched alkanes of at least 4 members (excludes halogenated alkanes) is 1. The maximum Gasteiger partial charge on any atom is 0.332 e. The minimum atomic E-state index is -1.47. The predicted octanol–water partition coefficient (Wildman–Crippen LogP) is 1.95. The van der Waals surface area contributed by atoms with E-state index in [0.717, 1.165) is 25.7 Å². The molecule has 1 aliphatic rings. The van der Waals surface area contributed by atoms with Gasteiger partial charge in [0.15, 0.2) is 6.04 Å². The fourth-order valence-electron chi connectivity index (χ4n) is 4.22. The van der Waals surface area contributed by atoms with E-state index in [-0.39, 0.29) is 17.9 Å². The van der Waals surface area contributed by atoms with Crippen molar-refractivity contribution in [2.75, 3.05) is 13.7 Å². The molecule has 1 fully saturated rings. The molecule has 2 N–H and O–H groups in total. The molecule has 0 radical (unpaired) electrons. The Labute approximate surface area is 226 Å². The number of likely N-dealkylation sites (tertiary alicyclic amines) is 1. The van der Waals surface area contributed by atoms with Crippen molar-refractivity contribution in [3.05, 3.63) is 47.5 Å². The molecule has 1 aromatic rings. The molecule has 4 atom stereocenters. The van der Waals surface area contributed by atoms with E-state index in [9.17, 15) is 32.8 Å². The number of benzene rings is 1. The second-order valence-corrected chi connectivity index (χ2v) is 9.26. The normalized spacial score (nSPS) is 17.3. The lowest BCUT2D eigenvalue weighted by Crippen LogP contribution is -2.56. The topological polar surface area (TPSA) is 131 Å². The van der Waals surface area contributed by atoms with E-state index in [2.05, 4.69) is 10.6 Å². The van der Waals surface area contributed by atoms with Crippen LogP contribution in [0.25, 0.3) is 0 Å². The zero-order valence-electron chi connectivity index (χ0n) is 22.5. The van der Waals surface area contributed by atoms with Crippen molar-refractivity contribution < 1.29 is 42.2 Å². The van der Waals surface area contributed by atoms with Crippen molar-refractivity contribution in [3.63, 3.8) is 0 Å². The molecule has 10 nitrogen and oxygen atoms in total. The Morgan fingerprint density at radius 2 is 1.79 bits per heavy atom. The number of methoxy groups -OCH3 is 1. The molecule has 214 valence electrons. The maximum absolute atomic E-state index is 13.8. The van der Waals surface area contributed by atoms with Crippen molar-refractivity contribution in [2.45, 2.75) is 77.1 Å². The van der Waals surface area contributed by atoms with Crippen LogP contribution in [0.4, 0.5) is 8.78 Å². The summed E-state index contributed by atoms with van der Waals surface area (Å²) in [7, 11) is 1.08. The summed E-state index contributed by atoms with van der Waals surface area (Å²) < 4.78 is 37.7. The Balaban J connectivity index is 2.23. The number of hydrogen-bond donors (Lipinski definition) is 2. The van der Waals surface area contributed by atoms with Gasteiger partial charge in [-0.25, -0.2) is 18.4 Å². The van der Waals surface area contributed by atoms with Gasteiger partial charge in [0.25, 0.3) is 0 Å². The zero-order valence-corrected chi connectivity index (χ0v) is 22.5. The summed E-state index contributed by atoms with van der Waals surface area (Å²) in [4.78, 5) is 64.2. The van der Waals surface area contributed by atoms with E-state index in [1.165, 1.54) is 24.8 Å². The first-order chi connectivity index (χ1) is 18.5. The first kappa shape index (κ1) is 31.4. The van der Waals surface area contributed by atoms with Crippen molar-refractivity contribution in [2.24, 2.45) is 0 Å². The Bertz CT molecular complexity index is 1070. The SMILES string of the molecule is CCC/C=C/C(=O)N[C@@H](Cc1cc(F)cc(F)c1)C(=O)N[C@H](C(=O)OC)[C@H](C)OC(=O)[C@@H]1CCCN1C(C)=O. The highest BCUT2D eigenvalue weighted by Gasteiger charge is 2.38. The van der Waals surface area contributed by atoms with Gasteiger partial charge in [-0.05, 0) is 50.0 Å². The molecular formula is C27H35F2N3O7. The molecule has 1 heterocycles. The van der Waals surface area contributed by atoms with E-state index in [1.807, 2.05) is 6.92 Å². The maximum atomic E-state index is 13.8. The number of rotatable bonds is 12. The summed E-state index contributed by atoms with van der Waals surface area (Å²) in [6.07, 6.45) is 3.75. The van der Waals surface area contributed by atoms with Crippen LogP contribution in [-0.4, -0.2) is 72.4 Å². The van der Waals surface area contributed by atoms with Gasteiger partial charge in [-0.15, -0.1) is 0 Å². The van der Waals surface area contributed by atoms with E-state index in [4.69, 9.17) is 9.47 Å². The van der Waals surface area contributed by atoms with E-state index < -0.39 is 59.6 Å². The fraction of sp³-hybridized carbons (Fsp3) is 0.519. The Morgan fingerprint density at radius 3 is 2.38 bits per heavy atom. The Hall–Kier alpha value is -3.83. The second-order valence-electron chi connectivity index (χ2n) is 9.26. The van der Waals surface area contributed by atoms with Crippen LogP contribution in [0.1, 0.15) is 52.0 Å². The zero-order chi connectivity index (χ0) is 29.1. The van der Waals surface area contributed by atoms with Crippen LogP contribution < -0.4 is 10.6 Å². The summed E-state index contributed by atoms with van der Waals surface area (Å²) in [5.74, 6) is -5.18. The Kier molecular flexibility index (Phi) is 12.0. The first-order valence-electron chi connectivity index (χ1n) is 12.7. The number of allylic oxidation sites excluding steroid dienone is 1. The molecule has 3 amide bonds. The van der Waals surface area contributed by atoms with E-state index in [0.29, 0.717) is 31.9 Å². The number of nitrogens with zero attached hydrogens (tertiary/aromatic N) is 1.